The molecular weight excluding hydrogens is 691 g/mol. The van der Waals surface area contributed by atoms with Gasteiger partial charge in [0, 0.05) is 5.56 Å². The number of rotatable bonds is 7. The summed E-state index contributed by atoms with van der Waals surface area (Å²) in [6.45, 7) is 4.80. The van der Waals surface area contributed by atoms with E-state index in [1.165, 1.54) is 98.5 Å². The van der Waals surface area contributed by atoms with Crippen molar-refractivity contribution >= 4 is 23.2 Å². The van der Waals surface area contributed by atoms with Gasteiger partial charge in [-0.25, -0.2) is 0 Å². The highest BCUT2D eigenvalue weighted by Crippen LogP contribution is 2.63. The molecule has 274 valence electrons. The summed E-state index contributed by atoms with van der Waals surface area (Å²) in [5.41, 5.74) is 17.8. The highest BCUT2D eigenvalue weighted by atomic mass is 16.5. The van der Waals surface area contributed by atoms with Crippen LogP contribution >= 0.6 is 0 Å². The first-order chi connectivity index (χ1) is 28.2. The minimum absolute atomic E-state index is 0.404. The first-order valence-electron chi connectivity index (χ1n) is 20.5. The van der Waals surface area contributed by atoms with E-state index < -0.39 is 5.41 Å². The van der Waals surface area contributed by atoms with E-state index in [0.717, 1.165) is 33.7 Å². The number of fused-ring (bicyclic) bond motifs is 11. The topological polar surface area (TPSA) is 21.6 Å². The Bertz CT molecular complexity index is 2790. The van der Waals surface area contributed by atoms with Crippen LogP contribution in [0.3, 0.4) is 0 Å². The van der Waals surface area contributed by atoms with E-state index in [0.29, 0.717) is 12.5 Å². The Balaban J connectivity index is 1.08. The smallest absolute Gasteiger partial charge is 0.146 e. The molecule has 0 aliphatic heterocycles. The Hall–Kier alpha value is -6.51. The summed E-state index contributed by atoms with van der Waals surface area (Å²) in [4.78, 5) is 4.68. The van der Waals surface area contributed by atoms with E-state index in [1.54, 1.807) is 0 Å². The van der Waals surface area contributed by atoms with Crippen LogP contribution < -0.4 is 4.74 Å². The molecule has 8 aromatic rings. The highest BCUT2D eigenvalue weighted by molar-refractivity contribution is 5.98. The normalized spacial score (nSPS) is 14.9. The molecule has 1 saturated carbocycles. The first-order valence-corrected chi connectivity index (χ1v) is 20.5. The molecule has 2 nitrogen and oxygen atoms in total. The SMILES string of the molecule is C=Nc1c(OCC2CCCCC2)cc(-c2ccc3c(c2)C2(c4ccccc4-c4ccccc42)c2ccccc2-3)cc1-c1ccc(-c2cccc3ccccc23)cc1. The van der Waals surface area contributed by atoms with Crippen LogP contribution in [0.1, 0.15) is 54.4 Å². The van der Waals surface area contributed by atoms with Crippen LogP contribution in [0.5, 0.6) is 5.75 Å². The summed E-state index contributed by atoms with van der Waals surface area (Å²) in [7, 11) is 0. The van der Waals surface area contributed by atoms with Crippen LogP contribution in [0.2, 0.25) is 0 Å². The number of ether oxygens (including phenoxy) is 1. The monoisotopic (exact) mass is 733 g/mol. The lowest BCUT2D eigenvalue weighted by Crippen LogP contribution is -2.25. The maximum absolute atomic E-state index is 6.83. The van der Waals surface area contributed by atoms with E-state index in [-0.39, 0.29) is 0 Å². The Labute approximate surface area is 335 Å². The van der Waals surface area contributed by atoms with Gasteiger partial charge in [-0.15, -0.1) is 0 Å². The summed E-state index contributed by atoms with van der Waals surface area (Å²) in [6.07, 6.45) is 6.31. The second-order valence-corrected chi connectivity index (χ2v) is 16.1. The van der Waals surface area contributed by atoms with E-state index in [4.69, 9.17) is 4.74 Å². The zero-order valence-electron chi connectivity index (χ0n) is 32.0. The average molecular weight is 734 g/mol. The predicted octanol–water partition coefficient (Wildman–Crippen LogP) is 14.5. The van der Waals surface area contributed by atoms with Crippen LogP contribution in [0, 0.1) is 5.92 Å². The fourth-order valence-electron chi connectivity index (χ4n) is 10.4. The van der Waals surface area contributed by atoms with Gasteiger partial charge in [-0.2, -0.15) is 0 Å². The summed E-state index contributed by atoms with van der Waals surface area (Å²) in [5.74, 6) is 1.36. The lowest BCUT2D eigenvalue weighted by atomic mass is 9.70. The molecule has 0 atom stereocenters. The van der Waals surface area contributed by atoms with Crippen molar-refractivity contribution in [2.75, 3.05) is 6.61 Å². The van der Waals surface area contributed by atoms with Crippen LogP contribution in [0.4, 0.5) is 5.69 Å². The zero-order chi connectivity index (χ0) is 37.9. The average Bonchev–Trinajstić information content (AvgIpc) is 3.75. The maximum atomic E-state index is 6.83. The van der Waals surface area contributed by atoms with Gasteiger partial charge in [-0.1, -0.05) is 171 Å². The molecule has 1 spiro atoms. The minimum atomic E-state index is -0.404. The van der Waals surface area contributed by atoms with Crippen molar-refractivity contribution in [1.82, 2.24) is 0 Å². The van der Waals surface area contributed by atoms with Crippen LogP contribution in [0.15, 0.2) is 175 Å². The van der Waals surface area contributed by atoms with Gasteiger partial charge in [0.2, 0.25) is 0 Å². The number of nitrogens with zero attached hydrogens (tertiary/aromatic N) is 1. The van der Waals surface area contributed by atoms with Gasteiger partial charge < -0.3 is 4.74 Å². The summed E-state index contributed by atoms with van der Waals surface area (Å²) in [6, 6.07) is 62.8. The van der Waals surface area contributed by atoms with Crippen LogP contribution in [-0.4, -0.2) is 13.3 Å². The van der Waals surface area contributed by atoms with Gasteiger partial charge in [0.05, 0.1) is 12.0 Å². The van der Waals surface area contributed by atoms with E-state index >= 15 is 0 Å². The van der Waals surface area contributed by atoms with E-state index in [9.17, 15) is 0 Å². The van der Waals surface area contributed by atoms with Crippen molar-refractivity contribution < 1.29 is 4.74 Å². The van der Waals surface area contributed by atoms with Crippen molar-refractivity contribution in [2.24, 2.45) is 10.9 Å². The number of hydrogen-bond donors (Lipinski definition) is 0. The van der Waals surface area contributed by atoms with Crippen molar-refractivity contribution in [3.8, 4) is 61.4 Å². The third kappa shape index (κ3) is 5.27. The zero-order valence-corrected chi connectivity index (χ0v) is 32.0. The molecule has 1 fully saturated rings. The summed E-state index contributed by atoms with van der Waals surface area (Å²) in [5, 5.41) is 2.50. The van der Waals surface area contributed by atoms with Crippen LogP contribution in [0.25, 0.3) is 66.4 Å². The van der Waals surface area contributed by atoms with Crippen molar-refractivity contribution in [2.45, 2.75) is 37.5 Å². The molecule has 3 aliphatic carbocycles. The Morgan fingerprint density at radius 3 is 1.68 bits per heavy atom. The maximum Gasteiger partial charge on any atom is 0.146 e. The molecule has 0 unspecified atom stereocenters. The third-order valence-corrected chi connectivity index (χ3v) is 13.1. The molecule has 0 N–H and O–H groups in total. The van der Waals surface area contributed by atoms with E-state index in [2.05, 4.69) is 182 Å². The van der Waals surface area contributed by atoms with Gasteiger partial charge in [-0.3, -0.25) is 4.99 Å². The molecule has 11 rings (SSSR count). The Kier molecular flexibility index (Phi) is 8.07. The second-order valence-electron chi connectivity index (χ2n) is 16.1. The second kappa shape index (κ2) is 13.6. The predicted molar refractivity (Wildman–Crippen MR) is 238 cm³/mol. The molecule has 0 radical (unpaired) electrons. The molecule has 0 saturated heterocycles. The summed E-state index contributed by atoms with van der Waals surface area (Å²) >= 11 is 0. The van der Waals surface area contributed by atoms with Crippen molar-refractivity contribution in [1.29, 1.82) is 0 Å². The van der Waals surface area contributed by atoms with Gasteiger partial charge in [0.25, 0.3) is 0 Å². The molecule has 0 amide bonds. The molecule has 8 aromatic carbocycles. The standard InChI is InChI=1S/C55H43NO/c1-56-54-48(39-28-26-38(27-29-39)43-22-13-17-37-16-5-6-18-42(37)43)32-41(34-53(54)57-35-36-14-3-2-4-15-36)40-30-31-47-46-21-9-12-25-51(46)55(52(47)33-40)49-23-10-7-19-44(49)45-20-8-11-24-50(45)55/h5-13,16-34,36H,1-4,14-15,35H2. The lowest BCUT2D eigenvalue weighted by molar-refractivity contribution is 0.209. The van der Waals surface area contributed by atoms with Crippen molar-refractivity contribution in [3.05, 3.63) is 192 Å². The van der Waals surface area contributed by atoms with Gasteiger partial charge >= 0.3 is 0 Å². The third-order valence-electron chi connectivity index (χ3n) is 13.1. The van der Waals surface area contributed by atoms with Gasteiger partial charge in [0.15, 0.2) is 0 Å². The summed E-state index contributed by atoms with van der Waals surface area (Å²) < 4.78 is 6.83. The number of aliphatic imine (C=N–C) groups is 1. The molecule has 57 heavy (non-hydrogen) atoms. The Morgan fingerprint density at radius 2 is 1.02 bits per heavy atom. The first kappa shape index (κ1) is 33.8. The van der Waals surface area contributed by atoms with Gasteiger partial charge in [0.1, 0.15) is 11.4 Å². The van der Waals surface area contributed by atoms with E-state index in [1.807, 2.05) is 0 Å². The largest absolute Gasteiger partial charge is 0.491 e. The molecule has 0 heterocycles. The molecule has 2 heteroatoms. The minimum Gasteiger partial charge on any atom is -0.491 e. The van der Waals surface area contributed by atoms with Gasteiger partial charge in [-0.05, 0) is 127 Å². The number of benzene rings is 8. The quantitative estimate of drug-likeness (QED) is 0.149. The Morgan fingerprint density at radius 1 is 0.474 bits per heavy atom. The fraction of sp³-hybridized carbons (Fsp3) is 0.145. The molecule has 3 aliphatic rings. The van der Waals surface area contributed by atoms with Crippen molar-refractivity contribution in [3.63, 3.8) is 0 Å². The highest BCUT2D eigenvalue weighted by Gasteiger charge is 2.51. The number of hydrogen-bond acceptors (Lipinski definition) is 2. The molecule has 0 aromatic heterocycles. The molecular formula is C55H43NO. The molecule has 0 bridgehead atoms. The van der Waals surface area contributed by atoms with Crippen LogP contribution in [-0.2, 0) is 5.41 Å². The lowest BCUT2D eigenvalue weighted by Gasteiger charge is -2.30. The fourth-order valence-corrected chi connectivity index (χ4v) is 10.4.